The van der Waals surface area contributed by atoms with Crippen LogP contribution in [0.3, 0.4) is 0 Å². The van der Waals surface area contributed by atoms with Crippen LogP contribution in [-0.4, -0.2) is 26.5 Å². The normalized spacial score (nSPS) is 15.1. The summed E-state index contributed by atoms with van der Waals surface area (Å²) >= 11 is 0. The van der Waals surface area contributed by atoms with Crippen molar-refractivity contribution in [1.29, 1.82) is 0 Å². The number of hydrogen-bond acceptors (Lipinski definition) is 4. The van der Waals surface area contributed by atoms with Crippen LogP contribution in [0, 0.1) is 5.82 Å². The SMILES string of the molecule is O=S(=O)(NCc1ccc(N2CCCC2)nc1)c1ccc(F)cc1. The van der Waals surface area contributed by atoms with Gasteiger partial charge < -0.3 is 4.90 Å². The lowest BCUT2D eigenvalue weighted by Crippen LogP contribution is -2.23. The Morgan fingerprint density at radius 1 is 1.09 bits per heavy atom. The monoisotopic (exact) mass is 335 g/mol. The van der Waals surface area contributed by atoms with Crippen LogP contribution in [0.5, 0.6) is 0 Å². The van der Waals surface area contributed by atoms with E-state index in [9.17, 15) is 12.8 Å². The summed E-state index contributed by atoms with van der Waals surface area (Å²) in [6.07, 6.45) is 4.04. The number of pyridine rings is 1. The highest BCUT2D eigenvalue weighted by Crippen LogP contribution is 2.18. The molecule has 0 saturated carbocycles. The Bertz CT molecular complexity index is 755. The quantitative estimate of drug-likeness (QED) is 0.911. The molecule has 5 nitrogen and oxygen atoms in total. The van der Waals surface area contributed by atoms with Crippen molar-refractivity contribution in [1.82, 2.24) is 9.71 Å². The van der Waals surface area contributed by atoms with E-state index in [1.54, 1.807) is 6.20 Å². The van der Waals surface area contributed by atoms with E-state index < -0.39 is 15.8 Å². The van der Waals surface area contributed by atoms with Crippen molar-refractivity contribution < 1.29 is 12.8 Å². The third-order valence-corrected chi connectivity index (χ3v) is 5.25. The van der Waals surface area contributed by atoms with Gasteiger partial charge in [0.2, 0.25) is 10.0 Å². The molecule has 0 bridgehead atoms. The first-order valence-corrected chi connectivity index (χ1v) is 8.98. The Morgan fingerprint density at radius 3 is 2.39 bits per heavy atom. The number of nitrogens with one attached hydrogen (secondary N) is 1. The highest BCUT2D eigenvalue weighted by molar-refractivity contribution is 7.89. The number of sulfonamides is 1. The molecule has 1 saturated heterocycles. The summed E-state index contributed by atoms with van der Waals surface area (Å²) in [4.78, 5) is 6.64. The second-order valence-electron chi connectivity index (χ2n) is 5.50. The van der Waals surface area contributed by atoms with Crippen molar-refractivity contribution in [2.75, 3.05) is 18.0 Å². The molecule has 1 N–H and O–H groups in total. The summed E-state index contributed by atoms with van der Waals surface area (Å²) in [6, 6.07) is 8.52. The predicted octanol–water partition coefficient (Wildman–Crippen LogP) is 2.30. The smallest absolute Gasteiger partial charge is 0.240 e. The van der Waals surface area contributed by atoms with Gasteiger partial charge in [-0.2, -0.15) is 0 Å². The minimum atomic E-state index is -3.66. The van der Waals surface area contributed by atoms with E-state index in [-0.39, 0.29) is 11.4 Å². The molecule has 0 spiro atoms. The number of rotatable bonds is 5. The van der Waals surface area contributed by atoms with E-state index in [4.69, 9.17) is 0 Å². The largest absolute Gasteiger partial charge is 0.357 e. The first-order valence-electron chi connectivity index (χ1n) is 7.50. The molecular formula is C16H18FN3O2S. The Hall–Kier alpha value is -1.99. The number of nitrogens with zero attached hydrogens (tertiary/aromatic N) is 2. The van der Waals surface area contributed by atoms with Crippen LogP contribution < -0.4 is 9.62 Å². The van der Waals surface area contributed by atoms with Gasteiger partial charge in [0.1, 0.15) is 11.6 Å². The van der Waals surface area contributed by atoms with Crippen molar-refractivity contribution >= 4 is 15.8 Å². The zero-order valence-electron chi connectivity index (χ0n) is 12.6. The second-order valence-corrected chi connectivity index (χ2v) is 7.26. The lowest BCUT2D eigenvalue weighted by molar-refractivity contribution is 0.580. The summed E-state index contributed by atoms with van der Waals surface area (Å²) < 4.78 is 39.6. The average Bonchev–Trinajstić information content (AvgIpc) is 3.08. The lowest BCUT2D eigenvalue weighted by Gasteiger charge is -2.16. The Balaban J connectivity index is 1.64. The van der Waals surface area contributed by atoms with E-state index in [0.717, 1.165) is 36.6 Å². The number of halogens is 1. The molecule has 23 heavy (non-hydrogen) atoms. The van der Waals surface area contributed by atoms with Crippen LogP contribution in [0.15, 0.2) is 47.5 Å². The standard InChI is InChI=1S/C16H18FN3O2S/c17-14-4-6-15(7-5-14)23(21,22)19-12-13-3-8-16(18-11-13)20-9-1-2-10-20/h3-8,11,19H,1-2,9-10,12H2. The van der Waals surface area contributed by atoms with Gasteiger partial charge in [0, 0.05) is 25.8 Å². The van der Waals surface area contributed by atoms with Crippen molar-refractivity contribution in [3.05, 3.63) is 54.0 Å². The van der Waals surface area contributed by atoms with E-state index in [1.807, 2.05) is 12.1 Å². The molecule has 122 valence electrons. The van der Waals surface area contributed by atoms with Crippen LogP contribution in [0.2, 0.25) is 0 Å². The van der Waals surface area contributed by atoms with Gasteiger partial charge in [-0.3, -0.25) is 0 Å². The molecule has 1 aromatic heterocycles. The summed E-state index contributed by atoms with van der Waals surface area (Å²) in [5, 5.41) is 0. The Morgan fingerprint density at radius 2 is 1.78 bits per heavy atom. The van der Waals surface area contributed by atoms with Gasteiger partial charge in [-0.25, -0.2) is 22.5 Å². The van der Waals surface area contributed by atoms with E-state index >= 15 is 0 Å². The predicted molar refractivity (Wildman–Crippen MR) is 86.1 cm³/mol. The molecule has 0 aliphatic carbocycles. The number of aromatic nitrogens is 1. The van der Waals surface area contributed by atoms with Gasteiger partial charge >= 0.3 is 0 Å². The van der Waals surface area contributed by atoms with Gasteiger partial charge in [0.25, 0.3) is 0 Å². The highest BCUT2D eigenvalue weighted by Gasteiger charge is 2.15. The first-order chi connectivity index (χ1) is 11.0. The van der Waals surface area contributed by atoms with Gasteiger partial charge in [0.05, 0.1) is 4.90 Å². The zero-order valence-corrected chi connectivity index (χ0v) is 13.4. The zero-order chi connectivity index (χ0) is 16.3. The Kier molecular flexibility index (Phi) is 4.58. The molecule has 1 aromatic carbocycles. The van der Waals surface area contributed by atoms with E-state index in [0.29, 0.717) is 0 Å². The number of anilines is 1. The van der Waals surface area contributed by atoms with E-state index in [1.165, 1.54) is 25.0 Å². The van der Waals surface area contributed by atoms with Gasteiger partial charge in [-0.15, -0.1) is 0 Å². The molecular weight excluding hydrogens is 317 g/mol. The highest BCUT2D eigenvalue weighted by atomic mass is 32.2. The summed E-state index contributed by atoms with van der Waals surface area (Å²) in [5.41, 5.74) is 0.777. The summed E-state index contributed by atoms with van der Waals surface area (Å²) in [7, 11) is -3.66. The molecule has 1 aliphatic rings. The van der Waals surface area contributed by atoms with Crippen molar-refractivity contribution in [3.63, 3.8) is 0 Å². The third kappa shape index (κ3) is 3.86. The van der Waals surface area contributed by atoms with Gasteiger partial charge in [-0.05, 0) is 48.7 Å². The maximum Gasteiger partial charge on any atom is 0.240 e. The third-order valence-electron chi connectivity index (χ3n) is 3.83. The number of hydrogen-bond donors (Lipinski definition) is 1. The summed E-state index contributed by atoms with van der Waals surface area (Å²) in [5.74, 6) is 0.457. The fraction of sp³-hybridized carbons (Fsp3) is 0.312. The fourth-order valence-corrected chi connectivity index (χ4v) is 3.55. The van der Waals surface area contributed by atoms with Crippen LogP contribution in [0.25, 0.3) is 0 Å². The van der Waals surface area contributed by atoms with Gasteiger partial charge in [-0.1, -0.05) is 6.07 Å². The summed E-state index contributed by atoms with van der Waals surface area (Å²) in [6.45, 7) is 2.18. The maximum atomic E-state index is 12.9. The van der Waals surface area contributed by atoms with Crippen LogP contribution in [0.1, 0.15) is 18.4 Å². The van der Waals surface area contributed by atoms with Crippen molar-refractivity contribution in [2.45, 2.75) is 24.3 Å². The van der Waals surface area contributed by atoms with Gasteiger partial charge in [0.15, 0.2) is 0 Å². The maximum absolute atomic E-state index is 12.9. The number of benzene rings is 1. The molecule has 3 rings (SSSR count). The molecule has 7 heteroatoms. The molecule has 0 atom stereocenters. The minimum absolute atomic E-state index is 0.0422. The topological polar surface area (TPSA) is 62.3 Å². The average molecular weight is 335 g/mol. The molecule has 1 fully saturated rings. The van der Waals surface area contributed by atoms with Crippen LogP contribution in [-0.2, 0) is 16.6 Å². The van der Waals surface area contributed by atoms with Crippen LogP contribution >= 0.6 is 0 Å². The van der Waals surface area contributed by atoms with Crippen LogP contribution in [0.4, 0.5) is 10.2 Å². The molecule has 2 aromatic rings. The van der Waals surface area contributed by atoms with E-state index in [2.05, 4.69) is 14.6 Å². The molecule has 2 heterocycles. The van der Waals surface area contributed by atoms with Crippen molar-refractivity contribution in [3.8, 4) is 0 Å². The Labute approximate surface area is 135 Å². The second kappa shape index (κ2) is 6.64. The minimum Gasteiger partial charge on any atom is -0.357 e. The molecule has 1 aliphatic heterocycles. The molecule has 0 unspecified atom stereocenters. The molecule has 0 amide bonds. The van der Waals surface area contributed by atoms with Crippen molar-refractivity contribution in [2.24, 2.45) is 0 Å². The fourth-order valence-electron chi connectivity index (χ4n) is 2.53. The first kappa shape index (κ1) is 15.9. The lowest BCUT2D eigenvalue weighted by atomic mass is 10.3. The molecule has 0 radical (unpaired) electrons.